The summed E-state index contributed by atoms with van der Waals surface area (Å²) in [7, 11) is 0. The van der Waals surface area contributed by atoms with Crippen molar-refractivity contribution in [2.24, 2.45) is 0 Å². The highest BCUT2D eigenvalue weighted by Crippen LogP contribution is 2.18. The molecular formula is C14H15N3O2. The van der Waals surface area contributed by atoms with Gasteiger partial charge in [-0.2, -0.15) is 0 Å². The lowest BCUT2D eigenvalue weighted by molar-refractivity contribution is -0.115. The normalized spacial score (nSPS) is 10.1. The van der Waals surface area contributed by atoms with Gasteiger partial charge in [-0.1, -0.05) is 6.07 Å². The van der Waals surface area contributed by atoms with Crippen LogP contribution in [0.15, 0.2) is 42.5 Å². The van der Waals surface area contributed by atoms with Gasteiger partial charge in [0.2, 0.25) is 5.91 Å². The molecule has 0 atom stereocenters. The highest BCUT2D eigenvalue weighted by atomic mass is 16.3. The summed E-state index contributed by atoms with van der Waals surface area (Å²) in [6, 6.07) is 11.3. The van der Waals surface area contributed by atoms with Crippen LogP contribution in [0.4, 0.5) is 17.1 Å². The van der Waals surface area contributed by atoms with E-state index in [-0.39, 0.29) is 18.1 Å². The number of rotatable bonds is 3. The zero-order valence-corrected chi connectivity index (χ0v) is 10.3. The predicted octanol–water partition coefficient (Wildman–Crippen LogP) is 1.74. The Labute approximate surface area is 110 Å². The quantitative estimate of drug-likeness (QED) is 0.497. The Kier molecular flexibility index (Phi) is 3.56. The van der Waals surface area contributed by atoms with E-state index in [2.05, 4.69) is 5.32 Å². The van der Waals surface area contributed by atoms with Crippen LogP contribution in [0, 0.1) is 0 Å². The molecule has 2 aromatic carbocycles. The van der Waals surface area contributed by atoms with Crippen LogP contribution in [0.2, 0.25) is 0 Å². The Hall–Kier alpha value is -2.69. The van der Waals surface area contributed by atoms with Crippen molar-refractivity contribution in [2.45, 2.75) is 6.42 Å². The Morgan fingerprint density at radius 1 is 1.11 bits per heavy atom. The maximum Gasteiger partial charge on any atom is 0.228 e. The highest BCUT2D eigenvalue weighted by molar-refractivity contribution is 5.93. The standard InChI is InChI=1S/C14H15N3O2/c15-10-2-1-9(13(16)8-10)7-14(19)17-11-3-5-12(18)6-4-11/h1-6,8,18H,7,15-16H2,(H,17,19). The topological polar surface area (TPSA) is 101 Å². The van der Waals surface area contributed by atoms with Gasteiger partial charge in [0, 0.05) is 17.1 Å². The second-order valence-corrected chi connectivity index (χ2v) is 4.23. The lowest BCUT2D eigenvalue weighted by Crippen LogP contribution is -2.15. The van der Waals surface area contributed by atoms with Gasteiger partial charge in [-0.05, 0) is 42.0 Å². The zero-order valence-electron chi connectivity index (χ0n) is 10.3. The monoisotopic (exact) mass is 257 g/mol. The van der Waals surface area contributed by atoms with Crippen LogP contribution in [-0.4, -0.2) is 11.0 Å². The second kappa shape index (κ2) is 5.30. The van der Waals surface area contributed by atoms with E-state index in [1.54, 1.807) is 30.3 Å². The molecule has 0 saturated heterocycles. The third-order valence-corrected chi connectivity index (χ3v) is 2.67. The molecule has 0 fully saturated rings. The number of carbonyl (C=O) groups is 1. The second-order valence-electron chi connectivity index (χ2n) is 4.23. The lowest BCUT2D eigenvalue weighted by Gasteiger charge is -2.08. The minimum absolute atomic E-state index is 0.153. The molecule has 2 aromatic rings. The van der Waals surface area contributed by atoms with Crippen molar-refractivity contribution in [3.63, 3.8) is 0 Å². The molecule has 0 bridgehead atoms. The number of nitrogens with one attached hydrogen (secondary N) is 1. The number of nitrogen functional groups attached to an aromatic ring is 2. The molecule has 0 aromatic heterocycles. The van der Waals surface area contributed by atoms with Crippen LogP contribution in [0.5, 0.6) is 5.75 Å². The average Bonchev–Trinajstić information content (AvgIpc) is 2.36. The first-order valence-corrected chi connectivity index (χ1v) is 5.77. The molecule has 0 aliphatic heterocycles. The number of phenolic OH excluding ortho intramolecular Hbond substituents is 1. The molecule has 0 aliphatic rings. The molecule has 0 aliphatic carbocycles. The molecule has 0 spiro atoms. The van der Waals surface area contributed by atoms with Crippen molar-refractivity contribution in [1.29, 1.82) is 0 Å². The fourth-order valence-corrected chi connectivity index (χ4v) is 1.70. The number of benzene rings is 2. The van der Waals surface area contributed by atoms with Crippen molar-refractivity contribution in [3.8, 4) is 5.75 Å². The Bertz CT molecular complexity index is 594. The summed E-state index contributed by atoms with van der Waals surface area (Å²) in [5.41, 5.74) is 13.8. The minimum atomic E-state index is -0.179. The first-order chi connectivity index (χ1) is 9.04. The Balaban J connectivity index is 2.03. The third kappa shape index (κ3) is 3.38. The summed E-state index contributed by atoms with van der Waals surface area (Å²) in [5.74, 6) is -0.0251. The smallest absolute Gasteiger partial charge is 0.228 e. The molecule has 0 radical (unpaired) electrons. The van der Waals surface area contributed by atoms with Gasteiger partial charge in [0.25, 0.3) is 0 Å². The van der Waals surface area contributed by atoms with Crippen LogP contribution in [0.3, 0.4) is 0 Å². The minimum Gasteiger partial charge on any atom is -0.508 e. The molecule has 2 rings (SSSR count). The largest absolute Gasteiger partial charge is 0.508 e. The van der Waals surface area contributed by atoms with Gasteiger partial charge in [-0.15, -0.1) is 0 Å². The van der Waals surface area contributed by atoms with Gasteiger partial charge < -0.3 is 21.9 Å². The van der Waals surface area contributed by atoms with Gasteiger partial charge in [-0.3, -0.25) is 4.79 Å². The number of anilines is 3. The van der Waals surface area contributed by atoms with Crippen molar-refractivity contribution in [2.75, 3.05) is 16.8 Å². The molecule has 5 nitrogen and oxygen atoms in total. The zero-order chi connectivity index (χ0) is 13.8. The van der Waals surface area contributed by atoms with Crippen molar-refractivity contribution in [1.82, 2.24) is 0 Å². The van der Waals surface area contributed by atoms with E-state index in [1.807, 2.05) is 0 Å². The number of hydrogen-bond donors (Lipinski definition) is 4. The summed E-state index contributed by atoms with van der Waals surface area (Å²) in [6.07, 6.45) is 0.174. The Morgan fingerprint density at radius 2 is 1.79 bits per heavy atom. The first-order valence-electron chi connectivity index (χ1n) is 5.77. The first kappa shape index (κ1) is 12.8. The molecular weight excluding hydrogens is 242 g/mol. The van der Waals surface area contributed by atoms with E-state index in [0.29, 0.717) is 17.1 Å². The van der Waals surface area contributed by atoms with E-state index in [4.69, 9.17) is 16.6 Å². The molecule has 1 amide bonds. The van der Waals surface area contributed by atoms with E-state index >= 15 is 0 Å². The maximum atomic E-state index is 11.8. The lowest BCUT2D eigenvalue weighted by atomic mass is 10.1. The van der Waals surface area contributed by atoms with E-state index in [0.717, 1.165) is 5.56 Å². The predicted molar refractivity (Wildman–Crippen MR) is 75.7 cm³/mol. The van der Waals surface area contributed by atoms with Crippen LogP contribution >= 0.6 is 0 Å². The van der Waals surface area contributed by atoms with Crippen molar-refractivity contribution in [3.05, 3.63) is 48.0 Å². The molecule has 98 valence electrons. The fraction of sp³-hybridized carbons (Fsp3) is 0.0714. The van der Waals surface area contributed by atoms with E-state index in [9.17, 15) is 4.79 Å². The van der Waals surface area contributed by atoms with Crippen LogP contribution in [0.1, 0.15) is 5.56 Å². The number of hydrogen-bond acceptors (Lipinski definition) is 4. The van der Waals surface area contributed by atoms with Crippen molar-refractivity contribution < 1.29 is 9.90 Å². The SMILES string of the molecule is Nc1ccc(CC(=O)Nc2ccc(O)cc2)c(N)c1. The van der Waals surface area contributed by atoms with E-state index in [1.165, 1.54) is 12.1 Å². The van der Waals surface area contributed by atoms with Crippen LogP contribution < -0.4 is 16.8 Å². The number of carbonyl (C=O) groups excluding carboxylic acids is 1. The summed E-state index contributed by atoms with van der Waals surface area (Å²) < 4.78 is 0. The van der Waals surface area contributed by atoms with Gasteiger partial charge in [0.1, 0.15) is 5.75 Å². The number of aromatic hydroxyl groups is 1. The molecule has 0 heterocycles. The summed E-state index contributed by atoms with van der Waals surface area (Å²) in [6.45, 7) is 0. The van der Waals surface area contributed by atoms with Gasteiger partial charge >= 0.3 is 0 Å². The van der Waals surface area contributed by atoms with E-state index < -0.39 is 0 Å². The van der Waals surface area contributed by atoms with Gasteiger partial charge in [0.05, 0.1) is 6.42 Å². The molecule has 0 unspecified atom stereocenters. The Morgan fingerprint density at radius 3 is 2.42 bits per heavy atom. The van der Waals surface area contributed by atoms with Gasteiger partial charge in [0.15, 0.2) is 0 Å². The number of amides is 1. The molecule has 6 N–H and O–H groups in total. The van der Waals surface area contributed by atoms with Crippen molar-refractivity contribution >= 4 is 23.0 Å². The molecule has 5 heteroatoms. The van der Waals surface area contributed by atoms with Gasteiger partial charge in [-0.25, -0.2) is 0 Å². The average molecular weight is 257 g/mol. The summed E-state index contributed by atoms with van der Waals surface area (Å²) >= 11 is 0. The highest BCUT2D eigenvalue weighted by Gasteiger charge is 2.07. The number of phenols is 1. The summed E-state index contributed by atoms with van der Waals surface area (Å²) in [5, 5.41) is 11.9. The van der Waals surface area contributed by atoms with Crippen LogP contribution in [-0.2, 0) is 11.2 Å². The summed E-state index contributed by atoms with van der Waals surface area (Å²) in [4.78, 5) is 11.8. The fourth-order valence-electron chi connectivity index (χ4n) is 1.70. The molecule has 19 heavy (non-hydrogen) atoms. The third-order valence-electron chi connectivity index (χ3n) is 2.67. The van der Waals surface area contributed by atoms with Crippen LogP contribution in [0.25, 0.3) is 0 Å². The number of nitrogens with two attached hydrogens (primary N) is 2. The molecule has 0 saturated carbocycles. The maximum absolute atomic E-state index is 11.8.